The van der Waals surface area contributed by atoms with Crippen molar-refractivity contribution >= 4 is 21.8 Å². The lowest BCUT2D eigenvalue weighted by atomic mass is 10.1. The number of carbonyl (C=O) groups excluding carboxylic acids is 1. The van der Waals surface area contributed by atoms with Gasteiger partial charge in [0, 0.05) is 35.8 Å². The molecule has 0 saturated carbocycles. The quantitative estimate of drug-likeness (QED) is 0.905. The summed E-state index contributed by atoms with van der Waals surface area (Å²) in [6.07, 6.45) is 5.37. The van der Waals surface area contributed by atoms with Crippen LogP contribution in [0.3, 0.4) is 0 Å². The Hall–Kier alpha value is -0.810. The second-order valence-corrected chi connectivity index (χ2v) is 6.34. The molecule has 0 radical (unpaired) electrons. The van der Waals surface area contributed by atoms with Gasteiger partial charge in [-0.05, 0) is 54.7 Å². The number of aromatic nitrogens is 1. The van der Waals surface area contributed by atoms with E-state index in [1.807, 2.05) is 16.8 Å². The summed E-state index contributed by atoms with van der Waals surface area (Å²) in [5.41, 5.74) is 0.813. The molecule has 2 bridgehead atoms. The molecule has 4 nitrogen and oxygen atoms in total. The third kappa shape index (κ3) is 2.34. The molecule has 3 heterocycles. The fraction of sp³-hybridized carbons (Fsp3) is 0.643. The molecular formula is C14H20BrN3O. The van der Waals surface area contributed by atoms with E-state index in [1.165, 1.54) is 0 Å². The highest BCUT2D eigenvalue weighted by atomic mass is 79.9. The molecule has 1 aromatic rings. The molecule has 0 aromatic carbocycles. The predicted molar refractivity (Wildman–Crippen MR) is 78.3 cm³/mol. The van der Waals surface area contributed by atoms with E-state index in [1.54, 1.807) is 0 Å². The number of nitrogens with zero attached hydrogens (tertiary/aromatic N) is 2. The Bertz CT molecular complexity index is 471. The summed E-state index contributed by atoms with van der Waals surface area (Å²) in [6.45, 7) is 4.87. The molecule has 1 aromatic heterocycles. The monoisotopic (exact) mass is 325 g/mol. The molecule has 3 rings (SSSR count). The lowest BCUT2D eigenvalue weighted by molar-refractivity contribution is 0.0669. The van der Waals surface area contributed by atoms with Crippen LogP contribution in [0.2, 0.25) is 0 Å². The molecule has 2 aliphatic heterocycles. The van der Waals surface area contributed by atoms with E-state index in [2.05, 4.69) is 33.1 Å². The SMILES string of the molecule is CCn1cc(Br)cc1C(=O)N1C2CCNCC1CC2. The van der Waals surface area contributed by atoms with E-state index in [-0.39, 0.29) is 5.91 Å². The Morgan fingerprint density at radius 3 is 3.00 bits per heavy atom. The third-order valence-electron chi connectivity index (χ3n) is 4.31. The fourth-order valence-corrected chi connectivity index (χ4v) is 3.83. The van der Waals surface area contributed by atoms with Gasteiger partial charge in [0.15, 0.2) is 0 Å². The second kappa shape index (κ2) is 5.29. The van der Waals surface area contributed by atoms with Crippen molar-refractivity contribution < 1.29 is 4.79 Å². The Kier molecular flexibility index (Phi) is 3.67. The van der Waals surface area contributed by atoms with Crippen molar-refractivity contribution in [3.8, 4) is 0 Å². The lowest BCUT2D eigenvalue weighted by Crippen LogP contribution is -2.43. The Morgan fingerprint density at radius 1 is 1.42 bits per heavy atom. The van der Waals surface area contributed by atoms with Crippen LogP contribution in [0.4, 0.5) is 0 Å². The topological polar surface area (TPSA) is 37.3 Å². The number of nitrogens with one attached hydrogen (secondary N) is 1. The number of rotatable bonds is 2. The number of amides is 1. The first-order valence-electron chi connectivity index (χ1n) is 7.09. The molecule has 2 unspecified atom stereocenters. The van der Waals surface area contributed by atoms with E-state index in [9.17, 15) is 4.79 Å². The normalized spacial score (nSPS) is 26.5. The summed E-state index contributed by atoms with van der Waals surface area (Å²) >= 11 is 3.47. The number of aryl methyl sites for hydroxylation is 1. The largest absolute Gasteiger partial charge is 0.343 e. The second-order valence-electron chi connectivity index (χ2n) is 5.42. The molecule has 19 heavy (non-hydrogen) atoms. The van der Waals surface area contributed by atoms with Crippen molar-refractivity contribution in [3.63, 3.8) is 0 Å². The van der Waals surface area contributed by atoms with E-state index < -0.39 is 0 Å². The zero-order chi connectivity index (χ0) is 13.4. The summed E-state index contributed by atoms with van der Waals surface area (Å²) in [5.74, 6) is 0.198. The zero-order valence-electron chi connectivity index (χ0n) is 11.2. The van der Waals surface area contributed by atoms with Crippen molar-refractivity contribution in [2.75, 3.05) is 13.1 Å². The summed E-state index contributed by atoms with van der Waals surface area (Å²) in [6, 6.07) is 2.74. The molecule has 0 spiro atoms. The molecule has 2 saturated heterocycles. The van der Waals surface area contributed by atoms with Crippen molar-refractivity contribution in [3.05, 3.63) is 22.4 Å². The number of halogens is 1. The van der Waals surface area contributed by atoms with E-state index in [4.69, 9.17) is 0 Å². The van der Waals surface area contributed by atoms with Gasteiger partial charge in [-0.3, -0.25) is 4.79 Å². The van der Waals surface area contributed by atoms with Crippen LogP contribution in [-0.4, -0.2) is 40.5 Å². The van der Waals surface area contributed by atoms with Crippen LogP contribution in [0, 0.1) is 0 Å². The lowest BCUT2D eigenvalue weighted by Gasteiger charge is -2.28. The van der Waals surface area contributed by atoms with Crippen molar-refractivity contribution in [1.82, 2.24) is 14.8 Å². The highest BCUT2D eigenvalue weighted by Crippen LogP contribution is 2.30. The van der Waals surface area contributed by atoms with Gasteiger partial charge >= 0.3 is 0 Å². The minimum atomic E-state index is 0.198. The van der Waals surface area contributed by atoms with Gasteiger partial charge in [0.25, 0.3) is 5.91 Å². The molecule has 1 N–H and O–H groups in total. The van der Waals surface area contributed by atoms with Gasteiger partial charge in [0.1, 0.15) is 5.69 Å². The summed E-state index contributed by atoms with van der Waals surface area (Å²) < 4.78 is 3.02. The van der Waals surface area contributed by atoms with Gasteiger partial charge in [-0.2, -0.15) is 0 Å². The zero-order valence-corrected chi connectivity index (χ0v) is 12.8. The van der Waals surface area contributed by atoms with Crippen LogP contribution in [-0.2, 0) is 6.54 Å². The molecule has 5 heteroatoms. The summed E-state index contributed by atoms with van der Waals surface area (Å²) in [4.78, 5) is 15.0. The molecule has 0 aliphatic carbocycles. The van der Waals surface area contributed by atoms with E-state index >= 15 is 0 Å². The Labute approximate surface area is 122 Å². The third-order valence-corrected chi connectivity index (χ3v) is 4.75. The van der Waals surface area contributed by atoms with Crippen LogP contribution in [0.15, 0.2) is 16.7 Å². The maximum absolute atomic E-state index is 12.9. The van der Waals surface area contributed by atoms with Crippen molar-refractivity contribution in [1.29, 1.82) is 0 Å². The highest BCUT2D eigenvalue weighted by Gasteiger charge is 2.39. The first-order chi connectivity index (χ1) is 9.20. The molecule has 2 fully saturated rings. The van der Waals surface area contributed by atoms with Crippen LogP contribution in [0.5, 0.6) is 0 Å². The van der Waals surface area contributed by atoms with Gasteiger partial charge in [-0.15, -0.1) is 0 Å². The van der Waals surface area contributed by atoms with Crippen molar-refractivity contribution in [2.45, 2.75) is 44.8 Å². The number of carbonyl (C=O) groups is 1. The van der Waals surface area contributed by atoms with Crippen molar-refractivity contribution in [2.24, 2.45) is 0 Å². The van der Waals surface area contributed by atoms with Crippen LogP contribution in [0.1, 0.15) is 36.7 Å². The number of hydrogen-bond acceptors (Lipinski definition) is 2. The van der Waals surface area contributed by atoms with Gasteiger partial charge in [-0.1, -0.05) is 0 Å². The first-order valence-corrected chi connectivity index (χ1v) is 7.89. The van der Waals surface area contributed by atoms with Crippen LogP contribution < -0.4 is 5.32 Å². The van der Waals surface area contributed by atoms with E-state index in [0.29, 0.717) is 12.1 Å². The molecule has 2 aliphatic rings. The maximum atomic E-state index is 12.9. The van der Waals surface area contributed by atoms with E-state index in [0.717, 1.165) is 49.1 Å². The molecule has 1 amide bonds. The van der Waals surface area contributed by atoms with Crippen LogP contribution in [0.25, 0.3) is 0 Å². The summed E-state index contributed by atoms with van der Waals surface area (Å²) in [5, 5.41) is 3.44. The average molecular weight is 326 g/mol. The standard InChI is InChI=1S/C14H20BrN3O/c1-2-17-9-10(15)7-13(17)14(19)18-11-3-4-12(18)8-16-6-5-11/h7,9,11-12,16H,2-6,8H2,1H3. The minimum absolute atomic E-state index is 0.198. The van der Waals surface area contributed by atoms with Gasteiger partial charge < -0.3 is 14.8 Å². The van der Waals surface area contributed by atoms with Gasteiger partial charge in [0.2, 0.25) is 0 Å². The molecular weight excluding hydrogens is 306 g/mol. The number of hydrogen-bond donors (Lipinski definition) is 1. The first kappa shape index (κ1) is 13.2. The predicted octanol–water partition coefficient (Wildman–Crippen LogP) is 2.24. The smallest absolute Gasteiger partial charge is 0.271 e. The Balaban J connectivity index is 1.90. The maximum Gasteiger partial charge on any atom is 0.271 e. The van der Waals surface area contributed by atoms with Gasteiger partial charge in [0.05, 0.1) is 0 Å². The fourth-order valence-electron chi connectivity index (χ4n) is 3.36. The molecule has 2 atom stereocenters. The summed E-state index contributed by atoms with van der Waals surface area (Å²) in [7, 11) is 0. The average Bonchev–Trinajstić information content (AvgIpc) is 2.87. The highest BCUT2D eigenvalue weighted by molar-refractivity contribution is 9.10. The Morgan fingerprint density at radius 2 is 2.21 bits per heavy atom. The van der Waals surface area contributed by atoms with Crippen LogP contribution >= 0.6 is 15.9 Å². The van der Waals surface area contributed by atoms with Gasteiger partial charge in [-0.25, -0.2) is 0 Å². The minimum Gasteiger partial charge on any atom is -0.343 e. The molecule has 104 valence electrons. The number of fused-ring (bicyclic) bond motifs is 2.